The predicted octanol–water partition coefficient (Wildman–Crippen LogP) is 1.59. The van der Waals surface area contributed by atoms with Gasteiger partial charge in [0.15, 0.2) is 0 Å². The van der Waals surface area contributed by atoms with Gasteiger partial charge in [0, 0.05) is 11.6 Å². The molecule has 0 saturated carbocycles. The quantitative estimate of drug-likeness (QED) is 0.506. The molecule has 0 N–H and O–H groups in total. The standard InChI is InChI=1S/C8H10O2/c1-2-7-6-9-5-3-8(7)10-4-1/h3,5H,1-2,4,6H2. The van der Waals surface area contributed by atoms with Crippen molar-refractivity contribution in [1.82, 2.24) is 0 Å². The average molecular weight is 138 g/mol. The van der Waals surface area contributed by atoms with Gasteiger partial charge in [-0.05, 0) is 12.8 Å². The second-order valence-electron chi connectivity index (χ2n) is 2.53. The van der Waals surface area contributed by atoms with E-state index in [0.29, 0.717) is 0 Å². The molecule has 0 spiro atoms. The van der Waals surface area contributed by atoms with Gasteiger partial charge in [0.25, 0.3) is 0 Å². The van der Waals surface area contributed by atoms with Crippen molar-refractivity contribution in [3.05, 3.63) is 23.7 Å². The fraction of sp³-hybridized carbons (Fsp3) is 0.500. The Kier molecular flexibility index (Phi) is 1.38. The summed E-state index contributed by atoms with van der Waals surface area (Å²) in [7, 11) is 0. The van der Waals surface area contributed by atoms with Crippen LogP contribution in [0.4, 0.5) is 0 Å². The molecule has 2 heteroatoms. The van der Waals surface area contributed by atoms with Gasteiger partial charge in [-0.3, -0.25) is 0 Å². The van der Waals surface area contributed by atoms with Crippen LogP contribution >= 0.6 is 0 Å². The van der Waals surface area contributed by atoms with Crippen molar-refractivity contribution in [2.75, 3.05) is 13.2 Å². The second-order valence-corrected chi connectivity index (χ2v) is 2.53. The fourth-order valence-corrected chi connectivity index (χ4v) is 1.26. The minimum atomic E-state index is 0.728. The largest absolute Gasteiger partial charge is 0.497 e. The van der Waals surface area contributed by atoms with Gasteiger partial charge in [-0.15, -0.1) is 0 Å². The number of ether oxygens (including phenoxy) is 2. The van der Waals surface area contributed by atoms with E-state index in [0.717, 1.165) is 31.8 Å². The van der Waals surface area contributed by atoms with Crippen LogP contribution in [0.5, 0.6) is 0 Å². The topological polar surface area (TPSA) is 18.5 Å². The molecule has 0 radical (unpaired) electrons. The third-order valence-electron chi connectivity index (χ3n) is 1.80. The molecule has 0 amide bonds. The van der Waals surface area contributed by atoms with Crippen molar-refractivity contribution in [2.45, 2.75) is 12.8 Å². The Morgan fingerprint density at radius 3 is 3.30 bits per heavy atom. The zero-order valence-electron chi connectivity index (χ0n) is 5.80. The van der Waals surface area contributed by atoms with Crippen LogP contribution in [-0.2, 0) is 9.47 Å². The Bertz CT molecular complexity index is 191. The summed E-state index contributed by atoms with van der Waals surface area (Å²) in [5.74, 6) is 1.04. The summed E-state index contributed by atoms with van der Waals surface area (Å²) in [6.07, 6.45) is 5.87. The predicted molar refractivity (Wildman–Crippen MR) is 37.3 cm³/mol. The number of rotatable bonds is 0. The summed E-state index contributed by atoms with van der Waals surface area (Å²) in [4.78, 5) is 0. The fourth-order valence-electron chi connectivity index (χ4n) is 1.26. The zero-order chi connectivity index (χ0) is 6.81. The lowest BCUT2D eigenvalue weighted by Crippen LogP contribution is -2.11. The highest BCUT2D eigenvalue weighted by molar-refractivity contribution is 5.23. The molecule has 0 fully saturated rings. The van der Waals surface area contributed by atoms with E-state index in [1.165, 1.54) is 5.57 Å². The Labute approximate surface area is 60.1 Å². The van der Waals surface area contributed by atoms with E-state index in [4.69, 9.17) is 9.47 Å². The molecule has 10 heavy (non-hydrogen) atoms. The first-order valence-electron chi connectivity index (χ1n) is 3.60. The van der Waals surface area contributed by atoms with E-state index in [9.17, 15) is 0 Å². The molecule has 2 aliphatic rings. The molecule has 0 atom stereocenters. The van der Waals surface area contributed by atoms with Crippen LogP contribution in [0.2, 0.25) is 0 Å². The molecule has 0 unspecified atom stereocenters. The molecule has 2 aliphatic heterocycles. The van der Waals surface area contributed by atoms with Crippen LogP contribution in [0.25, 0.3) is 0 Å². The lowest BCUT2D eigenvalue weighted by Gasteiger charge is -2.21. The summed E-state index contributed by atoms with van der Waals surface area (Å²) >= 11 is 0. The summed E-state index contributed by atoms with van der Waals surface area (Å²) in [5.41, 5.74) is 1.31. The SMILES string of the molecule is C1=CC2=C(CCCO2)CO1. The maximum atomic E-state index is 5.39. The molecule has 0 bridgehead atoms. The molecule has 54 valence electrons. The van der Waals surface area contributed by atoms with Crippen molar-refractivity contribution in [3.8, 4) is 0 Å². The Hall–Kier alpha value is -0.920. The van der Waals surface area contributed by atoms with Crippen molar-refractivity contribution in [1.29, 1.82) is 0 Å². The highest BCUT2D eigenvalue weighted by Gasteiger charge is 2.14. The summed E-state index contributed by atoms with van der Waals surface area (Å²) in [6, 6.07) is 0. The number of hydrogen-bond donors (Lipinski definition) is 0. The molecule has 0 aromatic carbocycles. The Balaban J connectivity index is 2.23. The third kappa shape index (κ3) is 0.897. The van der Waals surface area contributed by atoms with Crippen LogP contribution in [0.1, 0.15) is 12.8 Å². The first kappa shape index (κ1) is 5.83. The molecule has 2 rings (SSSR count). The van der Waals surface area contributed by atoms with E-state index in [2.05, 4.69) is 0 Å². The van der Waals surface area contributed by atoms with Gasteiger partial charge in [0.1, 0.15) is 12.4 Å². The Morgan fingerprint density at radius 2 is 2.40 bits per heavy atom. The maximum Gasteiger partial charge on any atom is 0.124 e. The molecular formula is C8H10O2. The lowest BCUT2D eigenvalue weighted by molar-refractivity contribution is 0.170. The van der Waals surface area contributed by atoms with Crippen LogP contribution in [0.3, 0.4) is 0 Å². The Morgan fingerprint density at radius 1 is 1.40 bits per heavy atom. The van der Waals surface area contributed by atoms with Gasteiger partial charge < -0.3 is 9.47 Å². The maximum absolute atomic E-state index is 5.39. The minimum absolute atomic E-state index is 0.728. The normalized spacial score (nSPS) is 23.2. The van der Waals surface area contributed by atoms with E-state index >= 15 is 0 Å². The smallest absolute Gasteiger partial charge is 0.124 e. The van der Waals surface area contributed by atoms with E-state index < -0.39 is 0 Å². The van der Waals surface area contributed by atoms with Crippen LogP contribution in [0, 0.1) is 0 Å². The highest BCUT2D eigenvalue weighted by atomic mass is 16.5. The monoisotopic (exact) mass is 138 g/mol. The van der Waals surface area contributed by atoms with Gasteiger partial charge in [0.2, 0.25) is 0 Å². The lowest BCUT2D eigenvalue weighted by atomic mass is 10.1. The molecular weight excluding hydrogens is 128 g/mol. The molecule has 2 heterocycles. The van der Waals surface area contributed by atoms with Gasteiger partial charge in [-0.1, -0.05) is 0 Å². The third-order valence-corrected chi connectivity index (χ3v) is 1.80. The summed E-state index contributed by atoms with van der Waals surface area (Å²) in [6.45, 7) is 1.59. The summed E-state index contributed by atoms with van der Waals surface area (Å²) < 4.78 is 10.5. The molecule has 2 nitrogen and oxygen atoms in total. The van der Waals surface area contributed by atoms with Gasteiger partial charge in [-0.25, -0.2) is 0 Å². The number of hydrogen-bond acceptors (Lipinski definition) is 2. The van der Waals surface area contributed by atoms with Crippen molar-refractivity contribution < 1.29 is 9.47 Å². The molecule has 0 aliphatic carbocycles. The van der Waals surface area contributed by atoms with Gasteiger partial charge in [0.05, 0.1) is 12.9 Å². The van der Waals surface area contributed by atoms with Gasteiger partial charge >= 0.3 is 0 Å². The van der Waals surface area contributed by atoms with E-state index in [-0.39, 0.29) is 0 Å². The van der Waals surface area contributed by atoms with Crippen LogP contribution in [-0.4, -0.2) is 13.2 Å². The van der Waals surface area contributed by atoms with Crippen LogP contribution < -0.4 is 0 Å². The molecule has 0 aromatic heterocycles. The molecule has 0 aromatic rings. The van der Waals surface area contributed by atoms with Crippen molar-refractivity contribution in [3.63, 3.8) is 0 Å². The van der Waals surface area contributed by atoms with Crippen LogP contribution in [0.15, 0.2) is 23.7 Å². The number of allylic oxidation sites excluding steroid dienone is 1. The minimum Gasteiger partial charge on any atom is -0.497 e. The van der Waals surface area contributed by atoms with Crippen molar-refractivity contribution in [2.24, 2.45) is 0 Å². The van der Waals surface area contributed by atoms with Crippen molar-refractivity contribution >= 4 is 0 Å². The summed E-state index contributed by atoms with van der Waals surface area (Å²) in [5, 5.41) is 0. The zero-order valence-corrected chi connectivity index (χ0v) is 5.80. The molecule has 0 saturated heterocycles. The van der Waals surface area contributed by atoms with Gasteiger partial charge in [-0.2, -0.15) is 0 Å². The van der Waals surface area contributed by atoms with E-state index in [1.54, 1.807) is 6.26 Å². The highest BCUT2D eigenvalue weighted by Crippen LogP contribution is 2.22. The average Bonchev–Trinajstić information content (AvgIpc) is 2.05. The first-order valence-corrected chi connectivity index (χ1v) is 3.60. The first-order chi connectivity index (χ1) is 4.97. The van der Waals surface area contributed by atoms with E-state index in [1.807, 2.05) is 6.08 Å². The second kappa shape index (κ2) is 2.37.